The first-order chi connectivity index (χ1) is 2.89. The molecule has 0 atom stereocenters. The largest absolute Gasteiger partial charge is 0.356 e. The van der Waals surface area contributed by atoms with Crippen molar-refractivity contribution in [2.24, 2.45) is 0 Å². The van der Waals surface area contributed by atoms with Crippen LogP contribution in [0.2, 0.25) is 0 Å². The van der Waals surface area contributed by atoms with Crippen molar-refractivity contribution in [3.05, 3.63) is 0 Å². The molecule has 0 aromatic rings. The Hall–Kier alpha value is -0.280. The highest BCUT2D eigenvalue weighted by Gasteiger charge is 2.05. The molecule has 4 heteroatoms. The lowest BCUT2D eigenvalue weighted by atomic mass is 10.4. The van der Waals surface area contributed by atoms with Gasteiger partial charge in [-0.15, -0.1) is 12.4 Å². The van der Waals surface area contributed by atoms with Gasteiger partial charge >= 0.3 is 0 Å². The zero-order chi connectivity index (χ0) is 4.41. The fraction of sp³-hybridized carbons (Fsp3) is 0.750. The van der Waals surface area contributed by atoms with Crippen LogP contribution in [0.3, 0.4) is 0 Å². The van der Waals surface area contributed by atoms with Crippen LogP contribution in [-0.4, -0.2) is 12.5 Å². The lowest BCUT2D eigenvalue weighted by molar-refractivity contribution is -0.119. The molecule has 1 amide bonds. The van der Waals surface area contributed by atoms with Gasteiger partial charge in [0, 0.05) is 13.0 Å². The van der Waals surface area contributed by atoms with Gasteiger partial charge in [0.2, 0.25) is 5.91 Å². The summed E-state index contributed by atoms with van der Waals surface area (Å²) in [6.45, 7) is 0.888. The summed E-state index contributed by atoms with van der Waals surface area (Å²) in [5.41, 5.74) is 0. The highest BCUT2D eigenvalue weighted by Crippen LogP contribution is 1.93. The van der Waals surface area contributed by atoms with Crippen molar-refractivity contribution in [2.45, 2.75) is 12.8 Å². The summed E-state index contributed by atoms with van der Waals surface area (Å²) in [5, 5.41) is 2.68. The standard InChI is InChI=1S/C4H7NO.ClH.H3N/c6-4-2-1-3-5-4;;/h1-3H2,(H,5,6);1H;1H3. The normalized spacial score (nSPS) is 15.8. The average molecular weight is 139 g/mol. The van der Waals surface area contributed by atoms with Gasteiger partial charge in [0.1, 0.15) is 0 Å². The van der Waals surface area contributed by atoms with Crippen molar-refractivity contribution in [3.8, 4) is 0 Å². The number of carbonyl (C=O) groups excluding carboxylic acids is 1. The molecule has 4 N–H and O–H groups in total. The summed E-state index contributed by atoms with van der Waals surface area (Å²) in [5.74, 6) is 0.204. The summed E-state index contributed by atoms with van der Waals surface area (Å²) in [7, 11) is 0. The first kappa shape index (κ1) is 10.7. The van der Waals surface area contributed by atoms with Crippen LogP contribution in [0.25, 0.3) is 0 Å². The highest BCUT2D eigenvalue weighted by atomic mass is 35.5. The van der Waals surface area contributed by atoms with Crippen molar-refractivity contribution in [1.82, 2.24) is 11.5 Å². The minimum atomic E-state index is 0. The molecule has 0 spiro atoms. The van der Waals surface area contributed by atoms with E-state index in [-0.39, 0.29) is 24.5 Å². The Morgan fingerprint density at radius 2 is 2.12 bits per heavy atom. The molecule has 3 nitrogen and oxygen atoms in total. The SMILES string of the molecule is Cl.N.O=C1CCCN1. The number of hydrogen-bond acceptors (Lipinski definition) is 2. The number of amides is 1. The summed E-state index contributed by atoms with van der Waals surface area (Å²) < 4.78 is 0. The third-order valence-corrected chi connectivity index (χ3v) is 0.903. The van der Waals surface area contributed by atoms with E-state index in [1.165, 1.54) is 0 Å². The molecule has 0 unspecified atom stereocenters. The molecule has 1 saturated heterocycles. The van der Waals surface area contributed by atoms with Crippen LogP contribution in [-0.2, 0) is 4.79 Å². The molecule has 50 valence electrons. The van der Waals surface area contributed by atoms with Gasteiger partial charge in [-0.2, -0.15) is 0 Å². The summed E-state index contributed by atoms with van der Waals surface area (Å²) >= 11 is 0. The summed E-state index contributed by atoms with van der Waals surface area (Å²) in [4.78, 5) is 10.1. The van der Waals surface area contributed by atoms with E-state index in [4.69, 9.17) is 0 Å². The molecule has 8 heavy (non-hydrogen) atoms. The molecule has 1 aliphatic rings. The van der Waals surface area contributed by atoms with Crippen LogP contribution in [0, 0.1) is 0 Å². The molecule has 0 saturated carbocycles. The zero-order valence-electron chi connectivity index (χ0n) is 4.64. The van der Waals surface area contributed by atoms with Crippen molar-refractivity contribution in [1.29, 1.82) is 0 Å². The van der Waals surface area contributed by atoms with E-state index in [0.29, 0.717) is 0 Å². The van der Waals surface area contributed by atoms with Gasteiger partial charge in [-0.3, -0.25) is 4.79 Å². The van der Waals surface area contributed by atoms with Crippen molar-refractivity contribution < 1.29 is 4.79 Å². The second-order valence-electron chi connectivity index (χ2n) is 1.45. The fourth-order valence-corrected chi connectivity index (χ4v) is 0.565. The molecule has 0 aromatic heterocycles. The van der Waals surface area contributed by atoms with Crippen LogP contribution in [0.15, 0.2) is 0 Å². The maximum atomic E-state index is 10.1. The Morgan fingerprint density at radius 1 is 1.50 bits per heavy atom. The average Bonchev–Trinajstić information content (AvgIpc) is 1.86. The van der Waals surface area contributed by atoms with Crippen LogP contribution in [0.1, 0.15) is 12.8 Å². The molecule has 0 bridgehead atoms. The predicted octanol–water partition coefficient (Wildman–Crippen LogP) is 0.480. The number of carbonyl (C=O) groups is 1. The minimum absolute atomic E-state index is 0. The Bertz CT molecular complexity index is 68.4. The minimum Gasteiger partial charge on any atom is -0.356 e. The van der Waals surface area contributed by atoms with Gasteiger partial charge in [0.15, 0.2) is 0 Å². The molecule has 0 aliphatic carbocycles. The van der Waals surface area contributed by atoms with E-state index < -0.39 is 0 Å². The first-order valence-corrected chi connectivity index (χ1v) is 2.16. The highest BCUT2D eigenvalue weighted by molar-refractivity contribution is 5.85. The second-order valence-corrected chi connectivity index (χ2v) is 1.45. The maximum absolute atomic E-state index is 10.1. The summed E-state index contributed by atoms with van der Waals surface area (Å²) in [6, 6.07) is 0. The van der Waals surface area contributed by atoms with Gasteiger partial charge in [-0.25, -0.2) is 0 Å². The Balaban J connectivity index is 0. The van der Waals surface area contributed by atoms with E-state index in [2.05, 4.69) is 5.32 Å². The molecular weight excluding hydrogens is 128 g/mol. The smallest absolute Gasteiger partial charge is 0.220 e. The van der Waals surface area contributed by atoms with Crippen molar-refractivity contribution in [2.75, 3.05) is 6.54 Å². The van der Waals surface area contributed by atoms with Gasteiger partial charge in [0.25, 0.3) is 0 Å². The van der Waals surface area contributed by atoms with Gasteiger partial charge in [-0.05, 0) is 6.42 Å². The quantitative estimate of drug-likeness (QED) is 0.512. The van der Waals surface area contributed by atoms with Crippen LogP contribution >= 0.6 is 12.4 Å². The van der Waals surface area contributed by atoms with E-state index in [1.807, 2.05) is 0 Å². The number of halogens is 1. The molecule has 1 aliphatic heterocycles. The molecule has 1 rings (SSSR count). The first-order valence-electron chi connectivity index (χ1n) is 2.16. The molecule has 1 heterocycles. The number of nitrogens with one attached hydrogen (secondary N) is 1. The lowest BCUT2D eigenvalue weighted by Crippen LogP contribution is -2.12. The fourth-order valence-electron chi connectivity index (χ4n) is 0.565. The zero-order valence-corrected chi connectivity index (χ0v) is 5.46. The van der Waals surface area contributed by atoms with E-state index in [0.717, 1.165) is 19.4 Å². The van der Waals surface area contributed by atoms with Gasteiger partial charge in [0.05, 0.1) is 0 Å². The Kier molecular flexibility index (Phi) is 6.48. The molecular formula is C4H11ClN2O. The van der Waals surface area contributed by atoms with E-state index in [9.17, 15) is 4.79 Å². The van der Waals surface area contributed by atoms with Crippen molar-refractivity contribution in [3.63, 3.8) is 0 Å². The molecule has 1 fully saturated rings. The Labute approximate surface area is 54.8 Å². The number of rotatable bonds is 0. The van der Waals surface area contributed by atoms with Crippen LogP contribution in [0.4, 0.5) is 0 Å². The van der Waals surface area contributed by atoms with Crippen LogP contribution < -0.4 is 11.5 Å². The number of hydrogen-bond donors (Lipinski definition) is 2. The van der Waals surface area contributed by atoms with E-state index >= 15 is 0 Å². The molecule has 0 aromatic carbocycles. The summed E-state index contributed by atoms with van der Waals surface area (Å²) in [6.07, 6.45) is 1.76. The maximum Gasteiger partial charge on any atom is 0.220 e. The molecule has 0 radical (unpaired) electrons. The third kappa shape index (κ3) is 2.82. The van der Waals surface area contributed by atoms with Crippen LogP contribution in [0.5, 0.6) is 0 Å². The lowest BCUT2D eigenvalue weighted by Gasteiger charge is -1.80. The van der Waals surface area contributed by atoms with E-state index in [1.54, 1.807) is 0 Å². The van der Waals surface area contributed by atoms with Gasteiger partial charge < -0.3 is 11.5 Å². The Morgan fingerprint density at radius 3 is 2.25 bits per heavy atom. The second kappa shape index (κ2) is 4.87. The van der Waals surface area contributed by atoms with Crippen molar-refractivity contribution >= 4 is 18.3 Å². The topological polar surface area (TPSA) is 64.1 Å². The van der Waals surface area contributed by atoms with Gasteiger partial charge in [-0.1, -0.05) is 0 Å². The third-order valence-electron chi connectivity index (χ3n) is 0.903. The predicted molar refractivity (Wildman–Crippen MR) is 34.5 cm³/mol. The monoisotopic (exact) mass is 138 g/mol.